The number of carbonyl (C=O) groups is 2. The van der Waals surface area contributed by atoms with Crippen molar-refractivity contribution in [3.63, 3.8) is 0 Å². The zero-order valence-corrected chi connectivity index (χ0v) is 17.0. The zero-order chi connectivity index (χ0) is 20.1. The van der Waals surface area contributed by atoms with Gasteiger partial charge in [-0.25, -0.2) is 18.2 Å². The Balaban J connectivity index is 1.48. The van der Waals surface area contributed by atoms with Crippen LogP contribution in [0.1, 0.15) is 20.9 Å². The molecule has 1 amide bonds. The molecule has 0 spiro atoms. The molecule has 2 heterocycles. The van der Waals surface area contributed by atoms with Gasteiger partial charge in [0.05, 0.1) is 17.0 Å². The number of piperazine rings is 1. The fraction of sp³-hybridized carbons (Fsp3) is 0.389. The third-order valence-corrected chi connectivity index (χ3v) is 7.19. The lowest BCUT2D eigenvalue weighted by Gasteiger charge is -2.33. The minimum Gasteiger partial charge on any atom is -0.451 e. The predicted molar refractivity (Wildman–Crippen MR) is 104 cm³/mol. The lowest BCUT2D eigenvalue weighted by atomic mass is 10.2. The first-order valence-corrected chi connectivity index (χ1v) is 11.2. The molecule has 3 rings (SSSR count). The average Bonchev–Trinajstić information content (AvgIpc) is 3.12. The van der Waals surface area contributed by atoms with Crippen molar-refractivity contribution in [2.75, 3.05) is 32.8 Å². The summed E-state index contributed by atoms with van der Waals surface area (Å²) in [5.74, 6) is -0.971. The number of esters is 1. The Kier molecular flexibility index (Phi) is 6.42. The van der Waals surface area contributed by atoms with Crippen molar-refractivity contribution < 1.29 is 22.7 Å². The van der Waals surface area contributed by atoms with E-state index in [4.69, 9.17) is 4.74 Å². The molecule has 0 atom stereocenters. The fourth-order valence-electron chi connectivity index (χ4n) is 2.87. The second kappa shape index (κ2) is 8.80. The topological polar surface area (TPSA) is 96.9 Å². The van der Waals surface area contributed by atoms with Gasteiger partial charge in [0.1, 0.15) is 4.88 Å². The zero-order valence-electron chi connectivity index (χ0n) is 15.4. The Bertz CT molecular complexity index is 935. The number of aromatic nitrogens is 1. The van der Waals surface area contributed by atoms with Crippen LogP contribution < -0.4 is 0 Å². The number of thiazole rings is 1. The molecule has 1 fully saturated rings. The van der Waals surface area contributed by atoms with Crippen LogP contribution in [0.15, 0.2) is 35.8 Å². The number of aryl methyl sites for hydroxylation is 1. The molecule has 0 N–H and O–H groups in total. The summed E-state index contributed by atoms with van der Waals surface area (Å²) in [6, 6.07) is 8.99. The van der Waals surface area contributed by atoms with E-state index in [0.29, 0.717) is 10.6 Å². The first kappa shape index (κ1) is 20.4. The van der Waals surface area contributed by atoms with E-state index in [0.717, 1.165) is 16.9 Å². The molecule has 1 aliphatic rings. The van der Waals surface area contributed by atoms with Crippen molar-refractivity contribution in [2.45, 2.75) is 12.7 Å². The van der Waals surface area contributed by atoms with Crippen molar-refractivity contribution in [1.29, 1.82) is 0 Å². The molecular weight excluding hydrogens is 402 g/mol. The Morgan fingerprint density at radius 1 is 1.14 bits per heavy atom. The Labute approximate surface area is 167 Å². The van der Waals surface area contributed by atoms with Crippen molar-refractivity contribution >= 4 is 33.2 Å². The van der Waals surface area contributed by atoms with Crippen molar-refractivity contribution in [2.24, 2.45) is 0 Å². The molecule has 10 heteroatoms. The number of benzene rings is 1. The fourth-order valence-corrected chi connectivity index (χ4v) is 5.08. The van der Waals surface area contributed by atoms with Crippen LogP contribution in [0.2, 0.25) is 0 Å². The molecule has 1 saturated heterocycles. The van der Waals surface area contributed by atoms with E-state index < -0.39 is 16.0 Å². The van der Waals surface area contributed by atoms with E-state index in [1.807, 2.05) is 6.07 Å². The third-order valence-electron chi connectivity index (χ3n) is 4.43. The van der Waals surface area contributed by atoms with Crippen molar-refractivity contribution in [3.8, 4) is 0 Å². The highest BCUT2D eigenvalue weighted by molar-refractivity contribution is 7.88. The summed E-state index contributed by atoms with van der Waals surface area (Å²) in [7, 11) is -3.44. The third kappa shape index (κ3) is 4.94. The van der Waals surface area contributed by atoms with Gasteiger partial charge in [0, 0.05) is 26.2 Å². The molecule has 8 nitrogen and oxygen atoms in total. The minimum absolute atomic E-state index is 0.0619. The Morgan fingerprint density at radius 3 is 2.43 bits per heavy atom. The number of rotatable bonds is 6. The van der Waals surface area contributed by atoms with Crippen LogP contribution in [0, 0.1) is 6.92 Å². The number of ether oxygens (including phenoxy) is 1. The second-order valence-electron chi connectivity index (χ2n) is 6.36. The number of amides is 1. The summed E-state index contributed by atoms with van der Waals surface area (Å²) >= 11 is 1.16. The average molecular weight is 424 g/mol. The minimum atomic E-state index is -3.44. The van der Waals surface area contributed by atoms with Gasteiger partial charge in [-0.2, -0.15) is 4.31 Å². The monoisotopic (exact) mass is 423 g/mol. The lowest BCUT2D eigenvalue weighted by molar-refractivity contribution is -0.135. The van der Waals surface area contributed by atoms with Gasteiger partial charge in [-0.05, 0) is 12.5 Å². The highest BCUT2D eigenvalue weighted by Crippen LogP contribution is 2.15. The van der Waals surface area contributed by atoms with E-state index >= 15 is 0 Å². The van der Waals surface area contributed by atoms with E-state index in [2.05, 4.69) is 4.98 Å². The summed E-state index contributed by atoms with van der Waals surface area (Å²) in [5.41, 5.74) is 2.84. The highest BCUT2D eigenvalue weighted by Gasteiger charge is 2.29. The normalized spacial score (nSPS) is 15.4. The van der Waals surface area contributed by atoms with Gasteiger partial charge in [0.15, 0.2) is 6.61 Å². The number of carbonyl (C=O) groups excluding carboxylic acids is 2. The van der Waals surface area contributed by atoms with E-state index in [-0.39, 0.29) is 44.4 Å². The maximum Gasteiger partial charge on any atom is 0.350 e. The van der Waals surface area contributed by atoms with Crippen molar-refractivity contribution in [1.82, 2.24) is 14.2 Å². The van der Waals surface area contributed by atoms with Gasteiger partial charge in [-0.15, -0.1) is 11.3 Å². The molecule has 0 unspecified atom stereocenters. The molecule has 150 valence electrons. The Hall–Kier alpha value is -2.30. The summed E-state index contributed by atoms with van der Waals surface area (Å²) in [6.45, 7) is 2.32. The maximum atomic E-state index is 12.6. The van der Waals surface area contributed by atoms with Gasteiger partial charge in [-0.1, -0.05) is 30.3 Å². The van der Waals surface area contributed by atoms with Crippen LogP contribution in [-0.4, -0.2) is 67.3 Å². The van der Waals surface area contributed by atoms with Gasteiger partial charge < -0.3 is 9.64 Å². The van der Waals surface area contributed by atoms with E-state index in [9.17, 15) is 18.0 Å². The van der Waals surface area contributed by atoms with Crippen LogP contribution in [0.5, 0.6) is 0 Å². The molecule has 1 aliphatic heterocycles. The number of hydrogen-bond donors (Lipinski definition) is 0. The molecule has 28 heavy (non-hydrogen) atoms. The second-order valence-corrected chi connectivity index (χ2v) is 9.19. The summed E-state index contributed by atoms with van der Waals surface area (Å²) in [6.07, 6.45) is 0. The highest BCUT2D eigenvalue weighted by atomic mass is 32.2. The lowest BCUT2D eigenvalue weighted by Crippen LogP contribution is -2.51. The first-order chi connectivity index (χ1) is 13.4. The van der Waals surface area contributed by atoms with Gasteiger partial charge >= 0.3 is 5.97 Å². The molecule has 2 aromatic rings. The maximum absolute atomic E-state index is 12.6. The SMILES string of the molecule is Cc1ncsc1C(=O)OCC(=O)N1CCN(S(=O)(=O)Cc2ccccc2)CC1. The molecule has 0 bridgehead atoms. The largest absolute Gasteiger partial charge is 0.451 e. The molecular formula is C18H21N3O5S2. The predicted octanol–water partition coefficient (Wildman–Crippen LogP) is 1.28. The standard InChI is InChI=1S/C18H21N3O5S2/c1-14-17(27-13-19-14)18(23)26-11-16(22)20-7-9-21(10-8-20)28(24,25)12-15-5-3-2-4-6-15/h2-6,13H,7-12H2,1H3. The number of sulfonamides is 1. The van der Waals surface area contributed by atoms with Gasteiger partial charge in [-0.3, -0.25) is 4.79 Å². The first-order valence-electron chi connectivity index (χ1n) is 8.73. The molecule has 0 aliphatic carbocycles. The quantitative estimate of drug-likeness (QED) is 0.650. The molecule has 1 aromatic carbocycles. The smallest absolute Gasteiger partial charge is 0.350 e. The summed E-state index contributed by atoms with van der Waals surface area (Å²) < 4.78 is 31.6. The van der Waals surface area contributed by atoms with Crippen LogP contribution in [0.3, 0.4) is 0 Å². The van der Waals surface area contributed by atoms with Gasteiger partial charge in [0.2, 0.25) is 10.0 Å². The van der Waals surface area contributed by atoms with Crippen LogP contribution >= 0.6 is 11.3 Å². The Morgan fingerprint density at radius 2 is 1.82 bits per heavy atom. The van der Waals surface area contributed by atoms with Gasteiger partial charge in [0.25, 0.3) is 5.91 Å². The van der Waals surface area contributed by atoms with E-state index in [1.165, 1.54) is 9.21 Å². The van der Waals surface area contributed by atoms with Crippen LogP contribution in [-0.2, 0) is 25.3 Å². The summed E-state index contributed by atoms with van der Waals surface area (Å²) in [5, 5.41) is 0. The molecule has 1 aromatic heterocycles. The van der Waals surface area contributed by atoms with Crippen molar-refractivity contribution in [3.05, 3.63) is 52.0 Å². The van der Waals surface area contributed by atoms with Crippen LogP contribution in [0.25, 0.3) is 0 Å². The summed E-state index contributed by atoms with van der Waals surface area (Å²) in [4.78, 5) is 30.1. The number of nitrogens with zero attached hydrogens (tertiary/aromatic N) is 3. The number of hydrogen-bond acceptors (Lipinski definition) is 7. The molecule has 0 radical (unpaired) electrons. The van der Waals surface area contributed by atoms with E-state index in [1.54, 1.807) is 36.7 Å². The molecule has 0 saturated carbocycles. The van der Waals surface area contributed by atoms with Crippen LogP contribution in [0.4, 0.5) is 0 Å².